The molecule has 1 saturated heterocycles. The molecular weight excluding hydrogens is 330 g/mol. The number of nitrogens with zero attached hydrogens (tertiary/aromatic N) is 5. The lowest BCUT2D eigenvalue weighted by atomic mass is 9.88. The Bertz CT molecular complexity index is 864. The van der Waals surface area contributed by atoms with Gasteiger partial charge in [-0.2, -0.15) is 0 Å². The van der Waals surface area contributed by atoms with Gasteiger partial charge in [-0.3, -0.25) is 14.2 Å². The molecule has 138 valence electrons. The van der Waals surface area contributed by atoms with E-state index >= 15 is 0 Å². The lowest BCUT2D eigenvalue weighted by Crippen LogP contribution is -2.52. The number of amides is 1. The van der Waals surface area contributed by atoms with Crippen LogP contribution >= 0.6 is 0 Å². The molecule has 1 amide bonds. The van der Waals surface area contributed by atoms with Crippen LogP contribution in [0.25, 0.3) is 11.2 Å². The fraction of sp³-hybridized carbons (Fsp3) is 0.579. The minimum absolute atomic E-state index is 0.136. The molecule has 0 aromatic carbocycles. The van der Waals surface area contributed by atoms with Crippen LogP contribution in [0.1, 0.15) is 32.1 Å². The molecule has 0 bridgehead atoms. The normalized spacial score (nSPS) is 19.1. The standard InChI is InChI=1S/C19H25N5O2/c1-22-16-15(8-5-9-20-16)21-17(19(22)26)23-10-12-24(13-11-23)18(25)14-6-3-2-4-7-14/h5,8-9,14H,2-4,6-7,10-13H2,1H3. The highest BCUT2D eigenvalue weighted by Gasteiger charge is 2.29. The van der Waals surface area contributed by atoms with Crippen molar-refractivity contribution in [2.24, 2.45) is 13.0 Å². The Hall–Kier alpha value is -2.44. The molecule has 2 fully saturated rings. The smallest absolute Gasteiger partial charge is 0.294 e. The van der Waals surface area contributed by atoms with E-state index in [1.165, 1.54) is 19.3 Å². The van der Waals surface area contributed by atoms with Gasteiger partial charge in [-0.1, -0.05) is 19.3 Å². The zero-order valence-electron chi connectivity index (χ0n) is 15.2. The monoisotopic (exact) mass is 355 g/mol. The second-order valence-corrected chi connectivity index (χ2v) is 7.29. The number of carbonyl (C=O) groups excluding carboxylic acids is 1. The summed E-state index contributed by atoms with van der Waals surface area (Å²) in [5.41, 5.74) is 1.17. The number of fused-ring (bicyclic) bond motifs is 1. The highest BCUT2D eigenvalue weighted by molar-refractivity contribution is 5.79. The number of pyridine rings is 1. The minimum Gasteiger partial charge on any atom is -0.348 e. The number of carbonyl (C=O) groups is 1. The van der Waals surface area contributed by atoms with Crippen LogP contribution in [0.4, 0.5) is 5.82 Å². The third-order valence-electron chi connectivity index (χ3n) is 5.65. The van der Waals surface area contributed by atoms with E-state index in [4.69, 9.17) is 0 Å². The lowest BCUT2D eigenvalue weighted by molar-refractivity contribution is -0.136. The van der Waals surface area contributed by atoms with Crippen LogP contribution in [-0.2, 0) is 11.8 Å². The molecule has 4 rings (SSSR count). The van der Waals surface area contributed by atoms with Gasteiger partial charge in [0.1, 0.15) is 5.52 Å². The lowest BCUT2D eigenvalue weighted by Gasteiger charge is -2.37. The molecular formula is C19H25N5O2. The predicted octanol–water partition coefficient (Wildman–Crippen LogP) is 1.56. The van der Waals surface area contributed by atoms with Gasteiger partial charge in [0.2, 0.25) is 5.91 Å². The van der Waals surface area contributed by atoms with Crippen LogP contribution in [0.15, 0.2) is 23.1 Å². The molecule has 2 aromatic heterocycles. The van der Waals surface area contributed by atoms with Gasteiger partial charge in [0.15, 0.2) is 11.5 Å². The van der Waals surface area contributed by atoms with Crippen molar-refractivity contribution in [2.75, 3.05) is 31.1 Å². The number of aryl methyl sites for hydroxylation is 1. The first-order valence-electron chi connectivity index (χ1n) is 9.50. The Morgan fingerprint density at radius 2 is 1.85 bits per heavy atom. The van der Waals surface area contributed by atoms with Crippen molar-refractivity contribution in [3.05, 3.63) is 28.7 Å². The number of anilines is 1. The number of rotatable bonds is 2. The molecule has 0 atom stereocenters. The van der Waals surface area contributed by atoms with E-state index in [0.29, 0.717) is 49.1 Å². The second kappa shape index (κ2) is 7.05. The van der Waals surface area contributed by atoms with Gasteiger partial charge in [-0.05, 0) is 25.0 Å². The molecule has 7 heteroatoms. The molecule has 2 aromatic rings. The molecule has 1 aliphatic carbocycles. The zero-order chi connectivity index (χ0) is 18.1. The molecule has 7 nitrogen and oxygen atoms in total. The van der Waals surface area contributed by atoms with Crippen LogP contribution in [0.5, 0.6) is 0 Å². The van der Waals surface area contributed by atoms with E-state index in [2.05, 4.69) is 9.97 Å². The molecule has 0 radical (unpaired) electrons. The van der Waals surface area contributed by atoms with E-state index in [9.17, 15) is 9.59 Å². The first-order valence-corrected chi connectivity index (χ1v) is 9.50. The van der Waals surface area contributed by atoms with Gasteiger partial charge in [0.25, 0.3) is 5.56 Å². The summed E-state index contributed by atoms with van der Waals surface area (Å²) >= 11 is 0. The zero-order valence-corrected chi connectivity index (χ0v) is 15.2. The third-order valence-corrected chi connectivity index (χ3v) is 5.65. The quantitative estimate of drug-likeness (QED) is 0.817. The van der Waals surface area contributed by atoms with Gasteiger partial charge in [-0.15, -0.1) is 0 Å². The summed E-state index contributed by atoms with van der Waals surface area (Å²) in [6, 6.07) is 3.69. The molecule has 1 aliphatic heterocycles. The summed E-state index contributed by atoms with van der Waals surface area (Å²) < 4.78 is 1.55. The van der Waals surface area contributed by atoms with E-state index in [1.54, 1.807) is 17.8 Å². The van der Waals surface area contributed by atoms with Crippen molar-refractivity contribution < 1.29 is 4.79 Å². The molecule has 3 heterocycles. The molecule has 2 aliphatic rings. The van der Waals surface area contributed by atoms with Gasteiger partial charge in [0.05, 0.1) is 0 Å². The first-order chi connectivity index (χ1) is 12.6. The van der Waals surface area contributed by atoms with Crippen LogP contribution in [0.3, 0.4) is 0 Å². The maximum absolute atomic E-state index is 12.7. The van der Waals surface area contributed by atoms with Crippen molar-refractivity contribution >= 4 is 22.9 Å². The van der Waals surface area contributed by atoms with E-state index in [0.717, 1.165) is 12.8 Å². The van der Waals surface area contributed by atoms with Crippen LogP contribution in [0, 0.1) is 5.92 Å². The summed E-state index contributed by atoms with van der Waals surface area (Å²) in [4.78, 5) is 38.2. The maximum atomic E-state index is 12.7. The van der Waals surface area contributed by atoms with Gasteiger partial charge >= 0.3 is 0 Å². The highest BCUT2D eigenvalue weighted by atomic mass is 16.2. The SMILES string of the molecule is Cn1c(=O)c(N2CCN(C(=O)C3CCCCC3)CC2)nc2cccnc21. The average Bonchev–Trinajstić information content (AvgIpc) is 2.71. The van der Waals surface area contributed by atoms with Crippen molar-refractivity contribution in [2.45, 2.75) is 32.1 Å². The predicted molar refractivity (Wildman–Crippen MR) is 100 cm³/mol. The van der Waals surface area contributed by atoms with Gasteiger partial charge < -0.3 is 9.80 Å². The largest absolute Gasteiger partial charge is 0.348 e. The number of aromatic nitrogens is 3. The summed E-state index contributed by atoms with van der Waals surface area (Å²) in [6.07, 6.45) is 7.31. The summed E-state index contributed by atoms with van der Waals surface area (Å²) in [5.74, 6) is 0.957. The fourth-order valence-corrected chi connectivity index (χ4v) is 4.09. The van der Waals surface area contributed by atoms with Crippen molar-refractivity contribution in [1.29, 1.82) is 0 Å². The van der Waals surface area contributed by atoms with E-state index < -0.39 is 0 Å². The number of hydrogen-bond donors (Lipinski definition) is 0. The van der Waals surface area contributed by atoms with Gasteiger partial charge in [0, 0.05) is 45.3 Å². The molecule has 0 unspecified atom stereocenters. The van der Waals surface area contributed by atoms with Crippen molar-refractivity contribution in [3.8, 4) is 0 Å². The molecule has 26 heavy (non-hydrogen) atoms. The molecule has 0 spiro atoms. The van der Waals surface area contributed by atoms with Crippen molar-refractivity contribution in [1.82, 2.24) is 19.4 Å². The Morgan fingerprint density at radius 1 is 1.12 bits per heavy atom. The average molecular weight is 355 g/mol. The van der Waals surface area contributed by atoms with Gasteiger partial charge in [-0.25, -0.2) is 9.97 Å². The summed E-state index contributed by atoms with van der Waals surface area (Å²) in [5, 5.41) is 0. The maximum Gasteiger partial charge on any atom is 0.294 e. The molecule has 0 N–H and O–H groups in total. The second-order valence-electron chi connectivity index (χ2n) is 7.29. The number of piperazine rings is 1. The van der Waals surface area contributed by atoms with Crippen LogP contribution in [0.2, 0.25) is 0 Å². The van der Waals surface area contributed by atoms with E-state index in [1.807, 2.05) is 21.9 Å². The van der Waals surface area contributed by atoms with E-state index in [-0.39, 0.29) is 11.5 Å². The Balaban J connectivity index is 1.50. The Kier molecular flexibility index (Phi) is 4.61. The highest BCUT2D eigenvalue weighted by Crippen LogP contribution is 2.26. The molecule has 1 saturated carbocycles. The topological polar surface area (TPSA) is 71.3 Å². The minimum atomic E-state index is -0.136. The summed E-state index contributed by atoms with van der Waals surface area (Å²) in [6.45, 7) is 2.61. The Labute approximate surface area is 152 Å². The number of hydrogen-bond acceptors (Lipinski definition) is 5. The summed E-state index contributed by atoms with van der Waals surface area (Å²) in [7, 11) is 1.73. The fourth-order valence-electron chi connectivity index (χ4n) is 4.09. The van der Waals surface area contributed by atoms with Crippen molar-refractivity contribution in [3.63, 3.8) is 0 Å². The first kappa shape index (κ1) is 17.0. The Morgan fingerprint density at radius 3 is 2.58 bits per heavy atom. The van der Waals surface area contributed by atoms with Crippen LogP contribution in [-0.4, -0.2) is 51.5 Å². The third kappa shape index (κ3) is 3.06. The van der Waals surface area contributed by atoms with Crippen LogP contribution < -0.4 is 10.5 Å².